The van der Waals surface area contributed by atoms with Gasteiger partial charge in [-0.2, -0.15) is 0 Å². The van der Waals surface area contributed by atoms with E-state index in [-0.39, 0.29) is 17.6 Å². The fourth-order valence-electron chi connectivity index (χ4n) is 2.86. The standard InChI is InChI=1S/C15H23BrN2O/c1-15(2,3)18-8-7-12(17)14(18)10-5-6-13(19-4)11(16)9-10/h5-6,9,12,14H,7-8,17H2,1-4H3. The Morgan fingerprint density at radius 2 is 2.05 bits per heavy atom. The third-order valence-corrected chi connectivity index (χ3v) is 4.44. The first kappa shape index (κ1) is 14.8. The second-order valence-corrected chi connectivity index (χ2v) is 7.01. The molecule has 1 aliphatic heterocycles. The summed E-state index contributed by atoms with van der Waals surface area (Å²) in [5.41, 5.74) is 7.72. The number of rotatable bonds is 2. The molecule has 0 bridgehead atoms. The number of hydrogen-bond acceptors (Lipinski definition) is 3. The third-order valence-electron chi connectivity index (χ3n) is 3.82. The first-order valence-corrected chi connectivity index (χ1v) is 7.49. The second-order valence-electron chi connectivity index (χ2n) is 6.16. The highest BCUT2D eigenvalue weighted by Gasteiger charge is 2.38. The van der Waals surface area contributed by atoms with E-state index >= 15 is 0 Å². The van der Waals surface area contributed by atoms with Crippen molar-refractivity contribution in [1.29, 1.82) is 0 Å². The van der Waals surface area contributed by atoms with Crippen molar-refractivity contribution in [3.63, 3.8) is 0 Å². The van der Waals surface area contributed by atoms with E-state index in [0.29, 0.717) is 0 Å². The Kier molecular flexibility index (Phi) is 4.23. The minimum Gasteiger partial charge on any atom is -0.496 e. The summed E-state index contributed by atoms with van der Waals surface area (Å²) >= 11 is 3.56. The molecule has 106 valence electrons. The van der Waals surface area contributed by atoms with Gasteiger partial charge in [-0.3, -0.25) is 4.90 Å². The summed E-state index contributed by atoms with van der Waals surface area (Å²) in [6.07, 6.45) is 1.05. The Bertz CT molecular complexity index is 456. The molecule has 1 aromatic rings. The molecule has 0 saturated carbocycles. The SMILES string of the molecule is COc1ccc(C2C(N)CCN2C(C)(C)C)cc1Br. The van der Waals surface area contributed by atoms with Gasteiger partial charge >= 0.3 is 0 Å². The van der Waals surface area contributed by atoms with E-state index in [2.05, 4.69) is 53.7 Å². The predicted octanol–water partition coefficient (Wildman–Crippen LogP) is 3.33. The number of nitrogens with two attached hydrogens (primary N) is 1. The molecular formula is C15H23BrN2O. The van der Waals surface area contributed by atoms with Crippen LogP contribution in [0.4, 0.5) is 0 Å². The summed E-state index contributed by atoms with van der Waals surface area (Å²) in [6.45, 7) is 7.79. The van der Waals surface area contributed by atoms with Gasteiger partial charge in [-0.05, 0) is 60.8 Å². The van der Waals surface area contributed by atoms with Gasteiger partial charge in [0.25, 0.3) is 0 Å². The zero-order valence-corrected chi connectivity index (χ0v) is 13.7. The maximum atomic E-state index is 6.33. The minimum atomic E-state index is 0.130. The second kappa shape index (κ2) is 5.43. The molecule has 1 aromatic carbocycles. The summed E-state index contributed by atoms with van der Waals surface area (Å²) in [6, 6.07) is 6.73. The molecule has 0 aromatic heterocycles. The summed E-state index contributed by atoms with van der Waals surface area (Å²) in [7, 11) is 1.68. The zero-order valence-electron chi connectivity index (χ0n) is 12.1. The third kappa shape index (κ3) is 2.96. The topological polar surface area (TPSA) is 38.5 Å². The molecule has 2 unspecified atom stereocenters. The first-order chi connectivity index (χ1) is 8.84. The Morgan fingerprint density at radius 1 is 1.37 bits per heavy atom. The highest BCUT2D eigenvalue weighted by molar-refractivity contribution is 9.10. The Morgan fingerprint density at radius 3 is 2.58 bits per heavy atom. The van der Waals surface area contributed by atoms with Crippen molar-refractivity contribution in [3.8, 4) is 5.75 Å². The summed E-state index contributed by atoms with van der Waals surface area (Å²) < 4.78 is 6.28. The molecule has 1 saturated heterocycles. The van der Waals surface area contributed by atoms with Gasteiger partial charge in [-0.25, -0.2) is 0 Å². The Hall–Kier alpha value is -0.580. The molecular weight excluding hydrogens is 304 g/mol. The van der Waals surface area contributed by atoms with Gasteiger partial charge in [-0.1, -0.05) is 6.07 Å². The van der Waals surface area contributed by atoms with Gasteiger partial charge < -0.3 is 10.5 Å². The minimum absolute atomic E-state index is 0.130. The van der Waals surface area contributed by atoms with Crippen molar-refractivity contribution in [3.05, 3.63) is 28.2 Å². The van der Waals surface area contributed by atoms with Crippen molar-refractivity contribution in [2.75, 3.05) is 13.7 Å². The van der Waals surface area contributed by atoms with E-state index in [1.54, 1.807) is 7.11 Å². The summed E-state index contributed by atoms with van der Waals surface area (Å²) in [5.74, 6) is 0.859. The van der Waals surface area contributed by atoms with Crippen molar-refractivity contribution in [2.45, 2.75) is 44.8 Å². The molecule has 0 spiro atoms. The number of hydrogen-bond donors (Lipinski definition) is 1. The molecule has 1 aliphatic rings. The zero-order chi connectivity index (χ0) is 14.2. The fourth-order valence-corrected chi connectivity index (χ4v) is 3.42. The van der Waals surface area contributed by atoms with Gasteiger partial charge in [0.2, 0.25) is 0 Å². The molecule has 2 N–H and O–H groups in total. The summed E-state index contributed by atoms with van der Waals surface area (Å²) in [4.78, 5) is 2.49. The van der Waals surface area contributed by atoms with Crippen LogP contribution in [0.2, 0.25) is 0 Å². The van der Waals surface area contributed by atoms with Crippen LogP contribution in [0.25, 0.3) is 0 Å². The molecule has 19 heavy (non-hydrogen) atoms. The highest BCUT2D eigenvalue weighted by Crippen LogP contribution is 2.38. The van der Waals surface area contributed by atoms with Crippen LogP contribution >= 0.6 is 15.9 Å². The lowest BCUT2D eigenvalue weighted by Crippen LogP contribution is -2.43. The number of methoxy groups -OCH3 is 1. The van der Waals surface area contributed by atoms with Crippen molar-refractivity contribution >= 4 is 15.9 Å². The maximum absolute atomic E-state index is 6.33. The molecule has 0 radical (unpaired) electrons. The van der Waals surface area contributed by atoms with Crippen molar-refractivity contribution < 1.29 is 4.74 Å². The Labute approximate surface area is 124 Å². The number of likely N-dealkylation sites (tertiary alicyclic amines) is 1. The predicted molar refractivity (Wildman–Crippen MR) is 82.5 cm³/mol. The molecule has 0 aliphatic carbocycles. The van der Waals surface area contributed by atoms with E-state index in [4.69, 9.17) is 10.5 Å². The maximum Gasteiger partial charge on any atom is 0.133 e. The molecule has 2 rings (SSSR count). The van der Waals surface area contributed by atoms with Crippen molar-refractivity contribution in [1.82, 2.24) is 4.90 Å². The van der Waals surface area contributed by atoms with Crippen LogP contribution in [0.15, 0.2) is 22.7 Å². The van der Waals surface area contributed by atoms with Gasteiger partial charge in [-0.15, -0.1) is 0 Å². The molecule has 1 fully saturated rings. The first-order valence-electron chi connectivity index (χ1n) is 6.70. The van der Waals surface area contributed by atoms with Crippen LogP contribution in [0.5, 0.6) is 5.75 Å². The molecule has 3 nitrogen and oxygen atoms in total. The highest BCUT2D eigenvalue weighted by atomic mass is 79.9. The van der Waals surface area contributed by atoms with E-state index in [1.165, 1.54) is 5.56 Å². The van der Waals surface area contributed by atoms with Crippen molar-refractivity contribution in [2.24, 2.45) is 5.73 Å². The lowest BCUT2D eigenvalue weighted by atomic mass is 9.97. The lowest BCUT2D eigenvalue weighted by Gasteiger charge is -2.38. The number of benzene rings is 1. The molecule has 2 atom stereocenters. The van der Waals surface area contributed by atoms with E-state index < -0.39 is 0 Å². The average Bonchev–Trinajstić information content (AvgIpc) is 2.70. The van der Waals surface area contributed by atoms with Crippen LogP contribution in [0.1, 0.15) is 38.8 Å². The molecule has 1 heterocycles. The normalized spacial score (nSPS) is 24.7. The average molecular weight is 327 g/mol. The van der Waals surface area contributed by atoms with Crippen LogP contribution in [0, 0.1) is 0 Å². The van der Waals surface area contributed by atoms with Crippen LogP contribution in [-0.2, 0) is 0 Å². The van der Waals surface area contributed by atoms with E-state index in [0.717, 1.165) is 23.2 Å². The monoisotopic (exact) mass is 326 g/mol. The van der Waals surface area contributed by atoms with Gasteiger partial charge in [0.15, 0.2) is 0 Å². The largest absolute Gasteiger partial charge is 0.496 e. The smallest absolute Gasteiger partial charge is 0.133 e. The molecule has 4 heteroatoms. The van der Waals surface area contributed by atoms with Crippen LogP contribution < -0.4 is 10.5 Å². The quantitative estimate of drug-likeness (QED) is 0.905. The number of nitrogens with zero attached hydrogens (tertiary/aromatic N) is 1. The van der Waals surface area contributed by atoms with Gasteiger partial charge in [0, 0.05) is 18.1 Å². The number of ether oxygens (including phenoxy) is 1. The Balaban J connectivity index is 2.35. The lowest BCUT2D eigenvalue weighted by molar-refractivity contribution is 0.117. The van der Waals surface area contributed by atoms with Crippen LogP contribution in [-0.4, -0.2) is 30.1 Å². The van der Waals surface area contributed by atoms with Crippen LogP contribution in [0.3, 0.4) is 0 Å². The van der Waals surface area contributed by atoms with Gasteiger partial charge in [0.05, 0.1) is 17.6 Å². The molecule has 0 amide bonds. The number of halogens is 1. The summed E-state index contributed by atoms with van der Waals surface area (Å²) in [5, 5.41) is 0. The van der Waals surface area contributed by atoms with E-state index in [1.807, 2.05) is 6.07 Å². The fraction of sp³-hybridized carbons (Fsp3) is 0.600. The van der Waals surface area contributed by atoms with Gasteiger partial charge in [0.1, 0.15) is 5.75 Å². The van der Waals surface area contributed by atoms with E-state index in [9.17, 15) is 0 Å².